The second-order valence-corrected chi connectivity index (χ2v) is 5.01. The number of rotatable bonds is 10. The summed E-state index contributed by atoms with van der Waals surface area (Å²) in [7, 11) is 0. The van der Waals surface area contributed by atoms with Crippen molar-refractivity contribution in [2.75, 3.05) is 18.5 Å². The lowest BCUT2D eigenvalue weighted by Crippen LogP contribution is -2.09. The Morgan fingerprint density at radius 1 is 1.26 bits per heavy atom. The van der Waals surface area contributed by atoms with Crippen molar-refractivity contribution in [1.82, 2.24) is 4.98 Å². The minimum absolute atomic E-state index is 0.669. The Kier molecular flexibility index (Phi) is 8.23. The second-order valence-electron chi connectivity index (χ2n) is 5.01. The standard InChI is InChI=1S/C16H28N2O/c1-4-7-8-14(5-2)12-19-13-15-9-10-16(17-6-3)18-11-15/h9-11,14H,4-8,12-13H2,1-3H3,(H,17,18). The van der Waals surface area contributed by atoms with Crippen LogP contribution in [-0.4, -0.2) is 18.1 Å². The average molecular weight is 264 g/mol. The first-order valence-electron chi connectivity index (χ1n) is 7.56. The fourth-order valence-electron chi connectivity index (χ4n) is 2.04. The summed E-state index contributed by atoms with van der Waals surface area (Å²) >= 11 is 0. The van der Waals surface area contributed by atoms with Gasteiger partial charge >= 0.3 is 0 Å². The molecule has 0 radical (unpaired) electrons. The molecule has 0 aromatic carbocycles. The molecule has 0 aliphatic rings. The van der Waals surface area contributed by atoms with Crippen LogP contribution < -0.4 is 5.32 Å². The summed E-state index contributed by atoms with van der Waals surface area (Å²) in [6.45, 7) is 8.99. The lowest BCUT2D eigenvalue weighted by molar-refractivity contribution is 0.0818. The van der Waals surface area contributed by atoms with Gasteiger partial charge in [0.25, 0.3) is 0 Å². The van der Waals surface area contributed by atoms with Gasteiger partial charge in [0.05, 0.1) is 6.61 Å². The molecular formula is C16H28N2O. The molecule has 1 atom stereocenters. The topological polar surface area (TPSA) is 34.1 Å². The van der Waals surface area contributed by atoms with E-state index in [1.54, 1.807) is 0 Å². The van der Waals surface area contributed by atoms with E-state index in [9.17, 15) is 0 Å². The first kappa shape index (κ1) is 16.0. The molecule has 3 heteroatoms. The highest BCUT2D eigenvalue weighted by atomic mass is 16.5. The van der Waals surface area contributed by atoms with Crippen molar-refractivity contribution in [3.05, 3.63) is 23.9 Å². The Bertz CT molecular complexity index is 324. The molecule has 0 spiro atoms. The number of aromatic nitrogens is 1. The van der Waals surface area contributed by atoms with Crippen molar-refractivity contribution in [2.24, 2.45) is 5.92 Å². The maximum Gasteiger partial charge on any atom is 0.125 e. The molecule has 1 unspecified atom stereocenters. The van der Waals surface area contributed by atoms with Crippen molar-refractivity contribution >= 4 is 5.82 Å². The molecule has 1 heterocycles. The van der Waals surface area contributed by atoms with Crippen LogP contribution in [0.3, 0.4) is 0 Å². The molecule has 3 nitrogen and oxygen atoms in total. The van der Waals surface area contributed by atoms with E-state index in [2.05, 4.69) is 37.1 Å². The highest BCUT2D eigenvalue weighted by molar-refractivity contribution is 5.34. The Hall–Kier alpha value is -1.09. The fourth-order valence-corrected chi connectivity index (χ4v) is 2.04. The number of pyridine rings is 1. The summed E-state index contributed by atoms with van der Waals surface area (Å²) in [5.74, 6) is 1.63. The minimum atomic E-state index is 0.669. The highest BCUT2D eigenvalue weighted by Crippen LogP contribution is 2.14. The van der Waals surface area contributed by atoms with Gasteiger partial charge in [-0.25, -0.2) is 4.98 Å². The smallest absolute Gasteiger partial charge is 0.125 e. The first-order chi connectivity index (χ1) is 9.30. The van der Waals surface area contributed by atoms with Gasteiger partial charge in [0, 0.05) is 19.3 Å². The summed E-state index contributed by atoms with van der Waals surface area (Å²) < 4.78 is 5.81. The van der Waals surface area contributed by atoms with Crippen molar-refractivity contribution in [3.8, 4) is 0 Å². The Morgan fingerprint density at radius 3 is 2.68 bits per heavy atom. The summed E-state index contributed by atoms with van der Waals surface area (Å²) in [6, 6.07) is 4.09. The Balaban J connectivity index is 2.27. The van der Waals surface area contributed by atoms with Crippen LogP contribution in [0.5, 0.6) is 0 Å². The Morgan fingerprint density at radius 2 is 2.11 bits per heavy atom. The van der Waals surface area contributed by atoms with Crippen molar-refractivity contribution in [2.45, 2.75) is 53.1 Å². The van der Waals surface area contributed by atoms with Gasteiger partial charge in [-0.3, -0.25) is 0 Å². The molecular weight excluding hydrogens is 236 g/mol. The van der Waals surface area contributed by atoms with E-state index in [0.717, 1.165) is 24.5 Å². The van der Waals surface area contributed by atoms with Gasteiger partial charge < -0.3 is 10.1 Å². The first-order valence-corrected chi connectivity index (χ1v) is 7.56. The summed E-state index contributed by atoms with van der Waals surface area (Å²) in [5.41, 5.74) is 1.15. The molecule has 19 heavy (non-hydrogen) atoms. The molecule has 0 fully saturated rings. The number of hydrogen-bond donors (Lipinski definition) is 1. The lowest BCUT2D eigenvalue weighted by atomic mass is 10.0. The molecule has 0 bridgehead atoms. The number of ether oxygens (including phenoxy) is 1. The van der Waals surface area contributed by atoms with Gasteiger partial charge in [0.1, 0.15) is 5.82 Å². The normalized spacial score (nSPS) is 12.4. The van der Waals surface area contributed by atoms with Gasteiger partial charge in [0.2, 0.25) is 0 Å². The number of unbranched alkanes of at least 4 members (excludes halogenated alkanes) is 1. The van der Waals surface area contributed by atoms with Crippen LogP contribution in [0.1, 0.15) is 52.0 Å². The quantitative estimate of drug-likeness (QED) is 0.686. The van der Waals surface area contributed by atoms with E-state index in [0.29, 0.717) is 12.5 Å². The molecule has 1 rings (SSSR count). The molecule has 1 aromatic heterocycles. The second kappa shape index (κ2) is 9.79. The summed E-state index contributed by atoms with van der Waals surface area (Å²) in [4.78, 5) is 4.34. The molecule has 0 saturated heterocycles. The van der Waals surface area contributed by atoms with Crippen LogP contribution >= 0.6 is 0 Å². The average Bonchev–Trinajstić information content (AvgIpc) is 2.44. The van der Waals surface area contributed by atoms with E-state index >= 15 is 0 Å². The molecule has 0 aliphatic heterocycles. The van der Waals surface area contributed by atoms with Gasteiger partial charge in [0.15, 0.2) is 0 Å². The van der Waals surface area contributed by atoms with Crippen LogP contribution in [0.15, 0.2) is 18.3 Å². The third kappa shape index (κ3) is 6.58. The Labute approximate surface area is 117 Å². The van der Waals surface area contributed by atoms with Crippen LogP contribution in [0.2, 0.25) is 0 Å². The summed E-state index contributed by atoms with van der Waals surface area (Å²) in [6.07, 6.45) is 6.96. The van der Waals surface area contributed by atoms with Crippen LogP contribution in [0.25, 0.3) is 0 Å². The zero-order chi connectivity index (χ0) is 13.9. The fraction of sp³-hybridized carbons (Fsp3) is 0.688. The van der Waals surface area contributed by atoms with Crippen molar-refractivity contribution in [3.63, 3.8) is 0 Å². The molecule has 0 aliphatic carbocycles. The predicted molar refractivity (Wildman–Crippen MR) is 81.4 cm³/mol. The molecule has 0 saturated carbocycles. The SMILES string of the molecule is CCCCC(CC)COCc1ccc(NCC)nc1. The van der Waals surface area contributed by atoms with Gasteiger partial charge in [-0.1, -0.05) is 39.2 Å². The van der Waals surface area contributed by atoms with E-state index in [-0.39, 0.29) is 0 Å². The van der Waals surface area contributed by atoms with Crippen LogP contribution in [0, 0.1) is 5.92 Å². The molecule has 108 valence electrons. The van der Waals surface area contributed by atoms with Gasteiger partial charge in [-0.2, -0.15) is 0 Å². The highest BCUT2D eigenvalue weighted by Gasteiger charge is 2.06. The zero-order valence-electron chi connectivity index (χ0n) is 12.6. The van der Waals surface area contributed by atoms with E-state index in [1.807, 2.05) is 12.3 Å². The maximum absolute atomic E-state index is 5.81. The third-order valence-corrected chi connectivity index (χ3v) is 3.35. The minimum Gasteiger partial charge on any atom is -0.376 e. The van der Waals surface area contributed by atoms with Gasteiger partial charge in [-0.05, 0) is 30.9 Å². The molecule has 0 amide bonds. The number of anilines is 1. The maximum atomic E-state index is 5.81. The van der Waals surface area contributed by atoms with E-state index in [1.165, 1.54) is 25.7 Å². The van der Waals surface area contributed by atoms with E-state index in [4.69, 9.17) is 4.74 Å². The van der Waals surface area contributed by atoms with Crippen LogP contribution in [0.4, 0.5) is 5.82 Å². The van der Waals surface area contributed by atoms with Gasteiger partial charge in [-0.15, -0.1) is 0 Å². The monoisotopic (exact) mass is 264 g/mol. The van der Waals surface area contributed by atoms with Crippen molar-refractivity contribution in [1.29, 1.82) is 0 Å². The van der Waals surface area contributed by atoms with Crippen LogP contribution in [-0.2, 0) is 11.3 Å². The zero-order valence-corrected chi connectivity index (χ0v) is 12.6. The lowest BCUT2D eigenvalue weighted by Gasteiger charge is -2.14. The molecule has 1 N–H and O–H groups in total. The number of hydrogen-bond acceptors (Lipinski definition) is 3. The predicted octanol–water partition coefficient (Wildman–Crippen LogP) is 4.25. The summed E-state index contributed by atoms with van der Waals surface area (Å²) in [5, 5.41) is 3.19. The number of nitrogens with zero attached hydrogens (tertiary/aromatic N) is 1. The number of nitrogens with one attached hydrogen (secondary N) is 1. The third-order valence-electron chi connectivity index (χ3n) is 3.35. The molecule has 1 aromatic rings. The van der Waals surface area contributed by atoms with Crippen molar-refractivity contribution < 1.29 is 4.74 Å². The van der Waals surface area contributed by atoms with E-state index < -0.39 is 0 Å². The largest absolute Gasteiger partial charge is 0.376 e.